The molecule has 1 heterocycles. The van der Waals surface area contributed by atoms with Crippen molar-refractivity contribution < 1.29 is 0 Å². The second kappa shape index (κ2) is 4.93. The first kappa shape index (κ1) is 14.0. The first-order valence-electron chi connectivity index (χ1n) is 7.03. The molecule has 0 amide bonds. The predicted octanol–water partition coefficient (Wildman–Crippen LogP) is 3.95. The molecule has 2 atom stereocenters. The van der Waals surface area contributed by atoms with Gasteiger partial charge in [-0.15, -0.1) is 11.3 Å². The van der Waals surface area contributed by atoms with Gasteiger partial charge in [0.2, 0.25) is 0 Å². The minimum atomic E-state index is 0.105. The molecular weight excluding hydrogens is 240 g/mol. The number of nitrogens with zero attached hydrogens (tertiary/aromatic N) is 1. The Morgan fingerprint density at radius 3 is 2.56 bits per heavy atom. The topological polar surface area (TPSA) is 38.9 Å². The van der Waals surface area contributed by atoms with Crippen molar-refractivity contribution in [1.29, 1.82) is 0 Å². The highest BCUT2D eigenvalue weighted by atomic mass is 32.1. The number of aromatic nitrogens is 1. The van der Waals surface area contributed by atoms with Crippen LogP contribution in [0.15, 0.2) is 0 Å². The lowest BCUT2D eigenvalue weighted by molar-refractivity contribution is 0.217. The maximum Gasteiger partial charge on any atom is 0.110 e. The fourth-order valence-corrected chi connectivity index (χ4v) is 3.93. The molecule has 0 saturated carbocycles. The third kappa shape index (κ3) is 2.77. The van der Waals surface area contributed by atoms with E-state index in [0.717, 1.165) is 17.3 Å². The van der Waals surface area contributed by atoms with Crippen molar-refractivity contribution in [2.45, 2.75) is 59.9 Å². The van der Waals surface area contributed by atoms with E-state index in [4.69, 9.17) is 10.7 Å². The minimum Gasteiger partial charge on any atom is -0.322 e. The largest absolute Gasteiger partial charge is 0.322 e. The van der Waals surface area contributed by atoms with Crippen LogP contribution in [-0.4, -0.2) is 4.98 Å². The van der Waals surface area contributed by atoms with Crippen molar-refractivity contribution >= 4 is 11.3 Å². The van der Waals surface area contributed by atoms with Crippen LogP contribution in [0.25, 0.3) is 0 Å². The summed E-state index contributed by atoms with van der Waals surface area (Å²) in [6, 6.07) is 0.105. The molecule has 0 bridgehead atoms. The first-order valence-corrected chi connectivity index (χ1v) is 7.84. The van der Waals surface area contributed by atoms with E-state index in [-0.39, 0.29) is 6.04 Å². The molecule has 0 spiro atoms. The molecule has 18 heavy (non-hydrogen) atoms. The molecule has 1 aliphatic carbocycles. The van der Waals surface area contributed by atoms with Crippen LogP contribution in [0.2, 0.25) is 0 Å². The number of hydrogen-bond donors (Lipinski definition) is 1. The van der Waals surface area contributed by atoms with Crippen molar-refractivity contribution in [3.63, 3.8) is 0 Å². The molecule has 0 fully saturated rings. The molecule has 0 aliphatic heterocycles. The Morgan fingerprint density at radius 1 is 1.33 bits per heavy atom. The average Bonchev–Trinajstić information content (AvgIpc) is 2.68. The van der Waals surface area contributed by atoms with Gasteiger partial charge < -0.3 is 5.73 Å². The van der Waals surface area contributed by atoms with E-state index in [2.05, 4.69) is 34.6 Å². The minimum absolute atomic E-state index is 0.105. The highest BCUT2D eigenvalue weighted by Crippen LogP contribution is 2.40. The number of rotatable bonds is 2. The molecule has 2 N–H and O–H groups in total. The zero-order valence-corrected chi connectivity index (χ0v) is 13.1. The molecule has 0 aromatic carbocycles. The van der Waals surface area contributed by atoms with E-state index >= 15 is 0 Å². The smallest absolute Gasteiger partial charge is 0.110 e. The summed E-state index contributed by atoms with van der Waals surface area (Å²) in [5.41, 5.74) is 7.95. The van der Waals surface area contributed by atoms with Gasteiger partial charge in [-0.1, -0.05) is 34.6 Å². The molecule has 1 aromatic rings. The summed E-state index contributed by atoms with van der Waals surface area (Å²) in [4.78, 5) is 6.27. The van der Waals surface area contributed by atoms with E-state index in [9.17, 15) is 0 Å². The molecule has 1 aromatic heterocycles. The summed E-state index contributed by atoms with van der Waals surface area (Å²) >= 11 is 1.86. The Labute approximate surface area is 115 Å². The molecule has 3 heteroatoms. The Balaban J connectivity index is 2.19. The Kier molecular flexibility index (Phi) is 3.84. The summed E-state index contributed by atoms with van der Waals surface area (Å²) < 4.78 is 0. The Hall–Kier alpha value is -0.410. The normalized spacial score (nSPS) is 22.1. The number of thiazole rings is 1. The van der Waals surface area contributed by atoms with Gasteiger partial charge in [-0.25, -0.2) is 4.98 Å². The fraction of sp³-hybridized carbons (Fsp3) is 0.800. The number of fused-ring (bicyclic) bond motifs is 1. The zero-order valence-electron chi connectivity index (χ0n) is 12.3. The van der Waals surface area contributed by atoms with Crippen LogP contribution < -0.4 is 5.73 Å². The van der Waals surface area contributed by atoms with E-state index in [0.29, 0.717) is 11.3 Å². The molecule has 1 aliphatic rings. The molecule has 2 nitrogen and oxygen atoms in total. The van der Waals surface area contributed by atoms with Crippen LogP contribution in [0.3, 0.4) is 0 Å². The fourth-order valence-electron chi connectivity index (χ4n) is 2.56. The first-order chi connectivity index (χ1) is 8.29. The molecule has 0 saturated heterocycles. The Morgan fingerprint density at radius 2 is 2.00 bits per heavy atom. The quantitative estimate of drug-likeness (QED) is 0.880. The van der Waals surface area contributed by atoms with Crippen molar-refractivity contribution in [2.24, 2.45) is 23.0 Å². The van der Waals surface area contributed by atoms with E-state index in [1.54, 1.807) is 0 Å². The van der Waals surface area contributed by atoms with Gasteiger partial charge in [-0.2, -0.15) is 0 Å². The van der Waals surface area contributed by atoms with Crippen LogP contribution in [-0.2, 0) is 12.8 Å². The van der Waals surface area contributed by atoms with E-state index in [1.165, 1.54) is 23.4 Å². The lowest BCUT2D eigenvalue weighted by Gasteiger charge is -2.33. The van der Waals surface area contributed by atoms with Crippen LogP contribution in [0.5, 0.6) is 0 Å². The second-order valence-corrected chi connectivity index (χ2v) is 8.11. The predicted molar refractivity (Wildman–Crippen MR) is 78.9 cm³/mol. The van der Waals surface area contributed by atoms with Crippen molar-refractivity contribution in [3.05, 3.63) is 15.6 Å². The standard InChI is InChI=1S/C15H26N2S/c1-9(2)13(16)14-17-11-7-6-10(15(3,4)5)8-12(11)18-14/h9-10,13H,6-8,16H2,1-5H3. The molecule has 2 rings (SSSR count). The average molecular weight is 266 g/mol. The summed E-state index contributed by atoms with van der Waals surface area (Å²) in [5, 5.41) is 1.14. The highest BCUT2D eigenvalue weighted by Gasteiger charge is 2.31. The lowest BCUT2D eigenvalue weighted by atomic mass is 9.73. The number of hydrogen-bond acceptors (Lipinski definition) is 3. The van der Waals surface area contributed by atoms with Gasteiger partial charge in [0.05, 0.1) is 11.7 Å². The monoisotopic (exact) mass is 266 g/mol. The SMILES string of the molecule is CC(C)C(N)c1nc2c(s1)CC(C(C)(C)C)CC2. The van der Waals surface area contributed by atoms with Gasteiger partial charge in [-0.05, 0) is 36.5 Å². The van der Waals surface area contributed by atoms with Crippen molar-refractivity contribution in [3.8, 4) is 0 Å². The molecular formula is C15H26N2S. The summed E-state index contributed by atoms with van der Waals surface area (Å²) in [6.07, 6.45) is 3.61. The third-order valence-electron chi connectivity index (χ3n) is 4.18. The maximum atomic E-state index is 6.22. The van der Waals surface area contributed by atoms with Gasteiger partial charge in [-0.3, -0.25) is 0 Å². The number of nitrogens with two attached hydrogens (primary N) is 1. The Bertz CT molecular complexity index is 415. The van der Waals surface area contributed by atoms with Gasteiger partial charge >= 0.3 is 0 Å². The molecule has 0 radical (unpaired) electrons. The van der Waals surface area contributed by atoms with Crippen molar-refractivity contribution in [1.82, 2.24) is 4.98 Å². The van der Waals surface area contributed by atoms with Crippen molar-refractivity contribution in [2.75, 3.05) is 0 Å². The second-order valence-electron chi connectivity index (χ2n) is 7.00. The summed E-state index contributed by atoms with van der Waals surface area (Å²) in [7, 11) is 0. The summed E-state index contributed by atoms with van der Waals surface area (Å²) in [6.45, 7) is 11.4. The lowest BCUT2D eigenvalue weighted by Crippen LogP contribution is -2.26. The summed E-state index contributed by atoms with van der Waals surface area (Å²) in [5.74, 6) is 1.25. The number of aryl methyl sites for hydroxylation is 1. The van der Waals surface area contributed by atoms with Gasteiger partial charge in [0, 0.05) is 4.88 Å². The van der Waals surface area contributed by atoms with E-state index in [1.807, 2.05) is 11.3 Å². The highest BCUT2D eigenvalue weighted by molar-refractivity contribution is 7.11. The van der Waals surface area contributed by atoms with Crippen LogP contribution >= 0.6 is 11.3 Å². The van der Waals surface area contributed by atoms with Crippen LogP contribution in [0.1, 0.15) is 62.7 Å². The molecule has 102 valence electrons. The van der Waals surface area contributed by atoms with Crippen LogP contribution in [0.4, 0.5) is 0 Å². The zero-order chi connectivity index (χ0) is 13.5. The van der Waals surface area contributed by atoms with Gasteiger partial charge in [0.15, 0.2) is 0 Å². The van der Waals surface area contributed by atoms with Gasteiger partial charge in [0.25, 0.3) is 0 Å². The maximum absolute atomic E-state index is 6.22. The van der Waals surface area contributed by atoms with E-state index < -0.39 is 0 Å². The van der Waals surface area contributed by atoms with Gasteiger partial charge in [0.1, 0.15) is 5.01 Å². The third-order valence-corrected chi connectivity index (χ3v) is 5.41. The molecule has 2 unspecified atom stereocenters. The van der Waals surface area contributed by atoms with Crippen LogP contribution in [0, 0.1) is 17.3 Å².